The molecule has 1 saturated heterocycles. The van der Waals surface area contributed by atoms with Crippen LogP contribution in [0, 0.1) is 0 Å². The number of alkyl halides is 4. The molecule has 0 spiro atoms. The quantitative estimate of drug-likeness (QED) is 0.791. The van der Waals surface area contributed by atoms with Crippen molar-refractivity contribution in [3.8, 4) is 0 Å². The zero-order chi connectivity index (χ0) is 16.8. The van der Waals surface area contributed by atoms with Gasteiger partial charge in [0.05, 0.1) is 22.3 Å². The van der Waals surface area contributed by atoms with Crippen molar-refractivity contribution in [2.45, 2.75) is 12.4 Å². The molecule has 3 rings (SSSR count). The van der Waals surface area contributed by atoms with Crippen LogP contribution in [0.4, 0.5) is 23.1 Å². The molecule has 0 radical (unpaired) electrons. The molecular formula is C13H11BrF3N3O2S. The molecule has 2 heterocycles. The summed E-state index contributed by atoms with van der Waals surface area (Å²) in [5, 5.41) is 10.8. The summed E-state index contributed by atoms with van der Waals surface area (Å²) in [4.78, 5) is 18.9. The van der Waals surface area contributed by atoms with Gasteiger partial charge in [0.2, 0.25) is 0 Å². The first-order valence-electron chi connectivity index (χ1n) is 6.61. The number of amides is 2. The van der Waals surface area contributed by atoms with Crippen LogP contribution in [0.5, 0.6) is 0 Å². The molecule has 1 aromatic carbocycles. The highest BCUT2D eigenvalue weighted by Crippen LogP contribution is 2.36. The standard InChI is InChI=1S/C13H11BrF3N3O2S/c14-3-4-19-6-10(21)20(12(19)22)11-18-8-5-7(13(15,16)17)1-2-9(8)23-11/h1-2,5,10,21H,3-4,6H2. The highest BCUT2D eigenvalue weighted by molar-refractivity contribution is 9.09. The van der Waals surface area contributed by atoms with Gasteiger partial charge in [-0.05, 0) is 18.2 Å². The van der Waals surface area contributed by atoms with E-state index < -0.39 is 24.0 Å². The first-order valence-corrected chi connectivity index (χ1v) is 8.55. The third-order valence-corrected chi connectivity index (χ3v) is 4.81. The number of aliphatic hydroxyl groups is 1. The zero-order valence-corrected chi connectivity index (χ0v) is 14.0. The number of hydrogen-bond acceptors (Lipinski definition) is 4. The van der Waals surface area contributed by atoms with Gasteiger partial charge in [-0.15, -0.1) is 0 Å². The molecule has 0 aliphatic carbocycles. The SMILES string of the molecule is O=C1N(CCBr)CC(O)N1c1nc2cc(C(F)(F)F)ccc2s1. The van der Waals surface area contributed by atoms with Crippen molar-refractivity contribution in [2.75, 3.05) is 23.3 Å². The Balaban J connectivity index is 1.96. The number of carbonyl (C=O) groups is 1. The molecule has 23 heavy (non-hydrogen) atoms. The number of benzene rings is 1. The monoisotopic (exact) mass is 409 g/mol. The number of aromatic nitrogens is 1. The molecule has 5 nitrogen and oxygen atoms in total. The molecule has 1 unspecified atom stereocenters. The van der Waals surface area contributed by atoms with Gasteiger partial charge >= 0.3 is 12.2 Å². The number of rotatable bonds is 3. The van der Waals surface area contributed by atoms with E-state index in [0.717, 1.165) is 28.4 Å². The van der Waals surface area contributed by atoms with E-state index >= 15 is 0 Å². The second kappa shape index (κ2) is 5.91. The minimum Gasteiger partial charge on any atom is -0.371 e. The molecular weight excluding hydrogens is 399 g/mol. The average molecular weight is 410 g/mol. The fraction of sp³-hybridized carbons (Fsp3) is 0.385. The number of carbonyl (C=O) groups excluding carboxylic acids is 1. The van der Waals surface area contributed by atoms with Crippen molar-refractivity contribution in [3.05, 3.63) is 23.8 Å². The summed E-state index contributed by atoms with van der Waals surface area (Å²) in [5.41, 5.74) is -0.644. The van der Waals surface area contributed by atoms with Gasteiger partial charge < -0.3 is 10.0 Å². The van der Waals surface area contributed by atoms with Crippen LogP contribution < -0.4 is 4.90 Å². The fourth-order valence-electron chi connectivity index (χ4n) is 2.33. The van der Waals surface area contributed by atoms with Crippen LogP contribution in [0.1, 0.15) is 5.56 Å². The molecule has 124 valence electrons. The Morgan fingerprint density at radius 2 is 2.17 bits per heavy atom. The summed E-state index contributed by atoms with van der Waals surface area (Å²) in [6.45, 7) is 0.559. The van der Waals surface area contributed by atoms with Crippen LogP contribution in [0.3, 0.4) is 0 Å². The molecule has 1 aliphatic heterocycles. The van der Waals surface area contributed by atoms with Crippen molar-refractivity contribution in [1.29, 1.82) is 0 Å². The number of urea groups is 1. The minimum absolute atomic E-state index is 0.133. The summed E-state index contributed by atoms with van der Waals surface area (Å²) < 4.78 is 38.8. The van der Waals surface area contributed by atoms with Crippen molar-refractivity contribution in [1.82, 2.24) is 9.88 Å². The van der Waals surface area contributed by atoms with Crippen LogP contribution in [0.25, 0.3) is 10.2 Å². The van der Waals surface area contributed by atoms with Gasteiger partial charge in [0.1, 0.15) is 0 Å². The van der Waals surface area contributed by atoms with Gasteiger partial charge in [-0.2, -0.15) is 13.2 Å². The van der Waals surface area contributed by atoms with Crippen LogP contribution in [0.15, 0.2) is 18.2 Å². The van der Waals surface area contributed by atoms with Crippen molar-refractivity contribution < 1.29 is 23.1 Å². The number of anilines is 1. The van der Waals surface area contributed by atoms with Crippen molar-refractivity contribution >= 4 is 48.6 Å². The number of aliphatic hydroxyl groups excluding tert-OH is 1. The van der Waals surface area contributed by atoms with E-state index in [1.807, 2.05) is 0 Å². The van der Waals surface area contributed by atoms with Crippen LogP contribution in [-0.2, 0) is 6.18 Å². The summed E-state index contributed by atoms with van der Waals surface area (Å²) >= 11 is 4.29. The van der Waals surface area contributed by atoms with Gasteiger partial charge in [0.25, 0.3) is 0 Å². The maximum Gasteiger partial charge on any atom is 0.416 e. The third kappa shape index (κ3) is 3.02. The topological polar surface area (TPSA) is 56.7 Å². The summed E-state index contributed by atoms with van der Waals surface area (Å²) in [6, 6.07) is 2.83. The largest absolute Gasteiger partial charge is 0.416 e. The second-order valence-corrected chi connectivity index (χ2v) is 6.75. The Labute approximate surface area is 141 Å². The third-order valence-electron chi connectivity index (χ3n) is 3.42. The van der Waals surface area contributed by atoms with E-state index in [1.54, 1.807) is 0 Å². The maximum absolute atomic E-state index is 12.7. The molecule has 0 bridgehead atoms. The number of nitrogens with zero attached hydrogens (tertiary/aromatic N) is 3. The van der Waals surface area contributed by atoms with Crippen molar-refractivity contribution in [2.24, 2.45) is 0 Å². The van der Waals surface area contributed by atoms with Gasteiger partial charge in [-0.1, -0.05) is 27.3 Å². The lowest BCUT2D eigenvalue weighted by Gasteiger charge is -2.16. The molecule has 1 N–H and O–H groups in total. The number of halogens is 4. The van der Waals surface area contributed by atoms with Crippen LogP contribution in [-0.4, -0.2) is 45.7 Å². The second-order valence-electron chi connectivity index (χ2n) is 4.94. The smallest absolute Gasteiger partial charge is 0.371 e. The Morgan fingerprint density at radius 1 is 1.43 bits per heavy atom. The summed E-state index contributed by atoms with van der Waals surface area (Å²) in [7, 11) is 0. The lowest BCUT2D eigenvalue weighted by Crippen LogP contribution is -2.35. The van der Waals surface area contributed by atoms with E-state index in [2.05, 4.69) is 20.9 Å². The van der Waals surface area contributed by atoms with Gasteiger partial charge in [0, 0.05) is 11.9 Å². The Hall–Kier alpha value is -1.39. The molecule has 1 aromatic heterocycles. The highest BCUT2D eigenvalue weighted by atomic mass is 79.9. The first kappa shape index (κ1) is 16.5. The Morgan fingerprint density at radius 3 is 2.83 bits per heavy atom. The predicted molar refractivity (Wildman–Crippen MR) is 83.9 cm³/mol. The molecule has 10 heteroatoms. The van der Waals surface area contributed by atoms with Crippen LogP contribution >= 0.6 is 27.3 Å². The predicted octanol–water partition coefficient (Wildman–Crippen LogP) is 3.27. The zero-order valence-electron chi connectivity index (χ0n) is 11.5. The molecule has 2 aromatic rings. The molecule has 1 fully saturated rings. The van der Waals surface area contributed by atoms with Gasteiger partial charge in [-0.25, -0.2) is 14.7 Å². The number of β-amino-alcohol motifs (C(OH)–C–C–N with tert-alkyl or cyclic N) is 1. The lowest BCUT2D eigenvalue weighted by atomic mass is 10.2. The first-order chi connectivity index (χ1) is 10.8. The normalized spacial score (nSPS) is 19.2. The minimum atomic E-state index is -4.45. The van der Waals surface area contributed by atoms with E-state index in [4.69, 9.17) is 0 Å². The lowest BCUT2D eigenvalue weighted by molar-refractivity contribution is -0.137. The number of thiazole rings is 1. The maximum atomic E-state index is 12.7. The van der Waals surface area contributed by atoms with Crippen LogP contribution in [0.2, 0.25) is 0 Å². The average Bonchev–Trinajstić information content (AvgIpc) is 2.98. The van der Waals surface area contributed by atoms with E-state index in [0.29, 0.717) is 16.6 Å². The van der Waals surface area contributed by atoms with E-state index in [-0.39, 0.29) is 17.2 Å². The molecule has 1 aliphatic rings. The van der Waals surface area contributed by atoms with E-state index in [1.165, 1.54) is 11.0 Å². The van der Waals surface area contributed by atoms with Gasteiger partial charge in [-0.3, -0.25) is 0 Å². The number of hydrogen-bond donors (Lipinski definition) is 1. The number of fused-ring (bicyclic) bond motifs is 1. The molecule has 2 amide bonds. The Bertz CT molecular complexity index is 752. The van der Waals surface area contributed by atoms with E-state index in [9.17, 15) is 23.1 Å². The summed E-state index contributed by atoms with van der Waals surface area (Å²) in [5.74, 6) is 0. The Kier molecular flexibility index (Phi) is 4.23. The van der Waals surface area contributed by atoms with Crippen molar-refractivity contribution in [3.63, 3.8) is 0 Å². The van der Waals surface area contributed by atoms with Gasteiger partial charge in [0.15, 0.2) is 11.4 Å². The summed E-state index contributed by atoms with van der Waals surface area (Å²) in [6.07, 6.45) is -5.52. The molecule has 1 atom stereocenters. The molecule has 0 saturated carbocycles. The highest BCUT2D eigenvalue weighted by Gasteiger charge is 2.38. The fourth-order valence-corrected chi connectivity index (χ4v) is 3.74.